The summed E-state index contributed by atoms with van der Waals surface area (Å²) in [6, 6.07) is 5.70. The van der Waals surface area contributed by atoms with Crippen LogP contribution in [0.25, 0.3) is 0 Å². The van der Waals surface area contributed by atoms with Crippen LogP contribution in [0, 0.1) is 35.4 Å². The quantitative estimate of drug-likeness (QED) is 0.357. The van der Waals surface area contributed by atoms with Crippen LogP contribution in [0.4, 0.5) is 4.39 Å². The number of allylic oxidation sites excluding steroid dienone is 3. The van der Waals surface area contributed by atoms with Crippen molar-refractivity contribution in [1.29, 1.82) is 0 Å². The van der Waals surface area contributed by atoms with E-state index < -0.39 is 0 Å². The van der Waals surface area contributed by atoms with Gasteiger partial charge in [-0.15, -0.1) is 0 Å². The highest BCUT2D eigenvalue weighted by molar-refractivity contribution is 5.32. The van der Waals surface area contributed by atoms with E-state index >= 15 is 0 Å². The molecule has 33 heavy (non-hydrogen) atoms. The van der Waals surface area contributed by atoms with Crippen molar-refractivity contribution in [1.82, 2.24) is 0 Å². The van der Waals surface area contributed by atoms with Gasteiger partial charge in [0.25, 0.3) is 0 Å². The van der Waals surface area contributed by atoms with Gasteiger partial charge in [-0.2, -0.15) is 0 Å². The zero-order chi connectivity index (χ0) is 23.0. The Balaban J connectivity index is 1.25. The van der Waals surface area contributed by atoms with E-state index in [0.717, 1.165) is 29.6 Å². The molecule has 3 aliphatic rings. The molecule has 1 aromatic rings. The number of rotatable bonds is 8. The Morgan fingerprint density at radius 1 is 0.818 bits per heavy atom. The number of hydrogen-bond acceptors (Lipinski definition) is 1. The van der Waals surface area contributed by atoms with Gasteiger partial charge in [-0.1, -0.05) is 43.2 Å². The molecule has 1 aromatic carbocycles. The number of hydrogen-bond donors (Lipinski definition) is 0. The van der Waals surface area contributed by atoms with Crippen LogP contribution in [0.3, 0.4) is 0 Å². The molecule has 0 N–H and O–H groups in total. The normalized spacial score (nSPS) is 32.8. The molecule has 0 aromatic heterocycles. The average Bonchev–Trinajstić information content (AvgIpc) is 2.85. The second-order valence-corrected chi connectivity index (χ2v) is 11.1. The second kappa shape index (κ2) is 12.2. The molecule has 3 saturated carbocycles. The summed E-state index contributed by atoms with van der Waals surface area (Å²) >= 11 is 0. The van der Waals surface area contributed by atoms with Crippen molar-refractivity contribution < 1.29 is 9.13 Å². The molecular weight excluding hydrogens is 407 g/mol. The lowest BCUT2D eigenvalue weighted by Crippen LogP contribution is -2.34. The highest BCUT2D eigenvalue weighted by Crippen LogP contribution is 2.51. The Bertz CT molecular complexity index is 788. The minimum Gasteiger partial charge on any atom is -0.486 e. The molecule has 3 fully saturated rings. The van der Waals surface area contributed by atoms with Crippen LogP contribution in [0.2, 0.25) is 0 Å². The van der Waals surface area contributed by atoms with Crippen LogP contribution in [-0.2, 0) is 0 Å². The summed E-state index contributed by atoms with van der Waals surface area (Å²) in [5.41, 5.74) is 1.18. The van der Waals surface area contributed by atoms with Crippen LogP contribution in [0.1, 0.15) is 102 Å². The molecule has 0 spiro atoms. The van der Waals surface area contributed by atoms with Gasteiger partial charge in [0, 0.05) is 0 Å². The molecule has 0 bridgehead atoms. The maximum atomic E-state index is 14.6. The fourth-order valence-corrected chi connectivity index (χ4v) is 7.23. The number of benzene rings is 1. The summed E-state index contributed by atoms with van der Waals surface area (Å²) in [4.78, 5) is 0. The maximum Gasteiger partial charge on any atom is 0.165 e. The van der Waals surface area contributed by atoms with Gasteiger partial charge in [-0.25, -0.2) is 4.39 Å². The van der Waals surface area contributed by atoms with Crippen molar-refractivity contribution in [3.63, 3.8) is 0 Å². The van der Waals surface area contributed by atoms with E-state index in [1.54, 1.807) is 6.07 Å². The molecule has 0 saturated heterocycles. The molecule has 2 heteroatoms. The Labute approximate surface area is 201 Å². The lowest BCUT2D eigenvalue weighted by atomic mass is 9.60. The first-order valence-corrected chi connectivity index (χ1v) is 13.8. The van der Waals surface area contributed by atoms with Gasteiger partial charge in [0.05, 0.1) is 0 Å². The van der Waals surface area contributed by atoms with E-state index in [0.29, 0.717) is 18.3 Å². The first kappa shape index (κ1) is 24.6. The Morgan fingerprint density at radius 2 is 1.48 bits per heavy atom. The van der Waals surface area contributed by atoms with Crippen LogP contribution in [-0.4, -0.2) is 6.61 Å². The van der Waals surface area contributed by atoms with Gasteiger partial charge in [0.1, 0.15) is 6.61 Å². The molecule has 3 aliphatic carbocycles. The molecule has 4 unspecified atom stereocenters. The third-order valence-corrected chi connectivity index (χ3v) is 9.19. The summed E-state index contributed by atoms with van der Waals surface area (Å²) in [7, 11) is 0. The van der Waals surface area contributed by atoms with Gasteiger partial charge in [0.15, 0.2) is 11.6 Å². The number of halogens is 1. The minimum atomic E-state index is -0.204. The van der Waals surface area contributed by atoms with E-state index in [4.69, 9.17) is 4.74 Å². The Morgan fingerprint density at radius 3 is 2.21 bits per heavy atom. The van der Waals surface area contributed by atoms with Gasteiger partial charge < -0.3 is 4.74 Å². The van der Waals surface area contributed by atoms with Gasteiger partial charge in [-0.05, 0) is 131 Å². The van der Waals surface area contributed by atoms with Crippen LogP contribution >= 0.6 is 0 Å². The zero-order valence-electron chi connectivity index (χ0n) is 21.0. The van der Waals surface area contributed by atoms with Crippen molar-refractivity contribution in [3.05, 3.63) is 53.9 Å². The van der Waals surface area contributed by atoms with E-state index in [2.05, 4.69) is 25.1 Å². The van der Waals surface area contributed by atoms with Gasteiger partial charge in [-0.3, -0.25) is 0 Å². The van der Waals surface area contributed by atoms with Crippen molar-refractivity contribution in [3.8, 4) is 5.75 Å². The summed E-state index contributed by atoms with van der Waals surface area (Å²) in [6.07, 6.45) is 25.1. The predicted octanol–water partition coefficient (Wildman–Crippen LogP) is 9.24. The Kier molecular flexibility index (Phi) is 9.10. The lowest BCUT2D eigenvalue weighted by Gasteiger charge is -2.45. The van der Waals surface area contributed by atoms with Crippen LogP contribution < -0.4 is 4.74 Å². The third kappa shape index (κ3) is 6.52. The Hall–Kier alpha value is -1.57. The monoisotopic (exact) mass is 452 g/mol. The van der Waals surface area contributed by atoms with Crippen molar-refractivity contribution in [2.45, 2.75) is 96.8 Å². The lowest BCUT2D eigenvalue weighted by molar-refractivity contribution is 0.0713. The smallest absolute Gasteiger partial charge is 0.165 e. The molecule has 4 atom stereocenters. The van der Waals surface area contributed by atoms with Crippen LogP contribution in [0.15, 0.2) is 42.5 Å². The fourth-order valence-electron chi connectivity index (χ4n) is 7.23. The summed E-state index contributed by atoms with van der Waals surface area (Å²) in [5, 5.41) is 0. The maximum absolute atomic E-state index is 14.6. The van der Waals surface area contributed by atoms with E-state index in [1.165, 1.54) is 82.6 Å². The van der Waals surface area contributed by atoms with Gasteiger partial charge >= 0.3 is 0 Å². The molecule has 0 aliphatic heterocycles. The summed E-state index contributed by atoms with van der Waals surface area (Å²) in [6.45, 7) is 4.51. The van der Waals surface area contributed by atoms with Crippen LogP contribution in [0.5, 0.6) is 5.75 Å². The second-order valence-electron chi connectivity index (χ2n) is 11.1. The zero-order valence-corrected chi connectivity index (χ0v) is 21.0. The standard InChI is InChI=1S/C31H45FO/c1-3-5-7-8-23-9-11-24(12-10-23)25-13-14-27-21-28(16-15-26(27)20-25)29-17-18-31(30(32)22-29)33-19-6-4-2/h3-6,17-18,22-28H,7-16,19-21H2,1-2H3/b5-3+,6-4+. The van der Waals surface area contributed by atoms with E-state index in [9.17, 15) is 4.39 Å². The first-order valence-electron chi connectivity index (χ1n) is 13.8. The third-order valence-electron chi connectivity index (χ3n) is 9.19. The van der Waals surface area contributed by atoms with E-state index in [-0.39, 0.29) is 5.82 Å². The number of fused-ring (bicyclic) bond motifs is 1. The van der Waals surface area contributed by atoms with E-state index in [1.807, 2.05) is 25.1 Å². The minimum absolute atomic E-state index is 0.204. The van der Waals surface area contributed by atoms with Crippen molar-refractivity contribution in [2.75, 3.05) is 6.61 Å². The highest BCUT2D eigenvalue weighted by Gasteiger charge is 2.39. The predicted molar refractivity (Wildman–Crippen MR) is 137 cm³/mol. The summed E-state index contributed by atoms with van der Waals surface area (Å²) in [5.74, 6) is 5.41. The van der Waals surface area contributed by atoms with Crippen molar-refractivity contribution in [2.24, 2.45) is 29.6 Å². The molecular formula is C31H45FO. The molecule has 0 heterocycles. The van der Waals surface area contributed by atoms with Gasteiger partial charge in [0.2, 0.25) is 0 Å². The molecule has 4 rings (SSSR count). The summed E-state index contributed by atoms with van der Waals surface area (Å²) < 4.78 is 20.1. The molecule has 1 nitrogen and oxygen atoms in total. The fraction of sp³-hybridized carbons (Fsp3) is 0.677. The largest absolute Gasteiger partial charge is 0.486 e. The molecule has 0 radical (unpaired) electrons. The average molecular weight is 453 g/mol. The molecule has 182 valence electrons. The molecule has 0 amide bonds. The first-order chi connectivity index (χ1) is 16.2. The topological polar surface area (TPSA) is 9.23 Å². The van der Waals surface area contributed by atoms with Crippen molar-refractivity contribution >= 4 is 0 Å². The highest BCUT2D eigenvalue weighted by atomic mass is 19.1. The SMILES string of the molecule is C/C=C/CCC1CCC(C2CCC3CC(c4ccc(OC/C=C/C)c(F)c4)CCC3C2)CC1. The number of ether oxygens (including phenoxy) is 1.